The van der Waals surface area contributed by atoms with Gasteiger partial charge in [0, 0.05) is 17.5 Å². The molecular formula is C26H39NO3. The molecule has 0 saturated heterocycles. The minimum absolute atomic E-state index is 0.0935. The van der Waals surface area contributed by atoms with Crippen LogP contribution in [0, 0.1) is 50.5 Å². The molecule has 0 spiro atoms. The minimum atomic E-state index is -0.918. The fourth-order valence-electron chi connectivity index (χ4n) is 7.99. The lowest BCUT2D eigenvalue weighted by molar-refractivity contribution is -0.384. The van der Waals surface area contributed by atoms with Crippen LogP contribution in [0.2, 0.25) is 0 Å². The van der Waals surface area contributed by atoms with Crippen molar-refractivity contribution in [2.24, 2.45) is 40.4 Å². The molecule has 1 N–H and O–H groups in total. The molecular weight excluding hydrogens is 374 g/mol. The number of benzene rings is 1. The smallest absolute Gasteiger partial charge is 0.269 e. The van der Waals surface area contributed by atoms with E-state index in [2.05, 4.69) is 34.6 Å². The third kappa shape index (κ3) is 3.13. The highest BCUT2D eigenvalue weighted by atomic mass is 16.6. The quantitative estimate of drug-likeness (QED) is 0.433. The van der Waals surface area contributed by atoms with Crippen LogP contribution in [0.1, 0.15) is 85.1 Å². The molecule has 7 atom stereocenters. The second-order valence-corrected chi connectivity index (χ2v) is 11.7. The molecule has 0 radical (unpaired) electrons. The molecule has 4 heteroatoms. The Morgan fingerprint density at radius 2 is 1.57 bits per heavy atom. The monoisotopic (exact) mass is 413 g/mol. The molecule has 3 aliphatic carbocycles. The lowest BCUT2D eigenvalue weighted by Crippen LogP contribution is -2.57. The van der Waals surface area contributed by atoms with Gasteiger partial charge in [-0.1, -0.05) is 41.0 Å². The van der Waals surface area contributed by atoms with E-state index in [1.807, 2.05) is 12.1 Å². The average Bonchev–Trinajstić information content (AvgIpc) is 2.69. The van der Waals surface area contributed by atoms with Crippen molar-refractivity contribution in [2.75, 3.05) is 0 Å². The van der Waals surface area contributed by atoms with E-state index in [-0.39, 0.29) is 16.0 Å². The molecule has 3 aliphatic rings. The normalized spacial score (nSPS) is 43.2. The van der Waals surface area contributed by atoms with Gasteiger partial charge in [-0.05, 0) is 91.2 Å². The lowest BCUT2D eigenvalue weighted by Gasteiger charge is -2.61. The molecule has 0 amide bonds. The van der Waals surface area contributed by atoms with Gasteiger partial charge in [-0.25, -0.2) is 0 Å². The second kappa shape index (κ2) is 7.32. The number of nitrogens with zero attached hydrogens (tertiary/aromatic N) is 1. The second-order valence-electron chi connectivity index (χ2n) is 11.7. The molecule has 1 aromatic carbocycles. The van der Waals surface area contributed by atoms with Crippen molar-refractivity contribution in [1.82, 2.24) is 0 Å². The molecule has 30 heavy (non-hydrogen) atoms. The number of hydrogen-bond acceptors (Lipinski definition) is 3. The minimum Gasteiger partial charge on any atom is -0.385 e. The molecule has 4 nitrogen and oxygen atoms in total. The fourth-order valence-corrected chi connectivity index (χ4v) is 7.99. The topological polar surface area (TPSA) is 63.4 Å². The van der Waals surface area contributed by atoms with Crippen molar-refractivity contribution in [3.8, 4) is 0 Å². The zero-order valence-electron chi connectivity index (χ0n) is 19.4. The molecule has 3 fully saturated rings. The lowest BCUT2D eigenvalue weighted by atomic mass is 9.45. The predicted octanol–water partition coefficient (Wildman–Crippen LogP) is 6.71. The third-order valence-corrected chi connectivity index (χ3v) is 10.1. The fraction of sp³-hybridized carbons (Fsp3) is 0.769. The zero-order valence-corrected chi connectivity index (χ0v) is 19.4. The third-order valence-electron chi connectivity index (χ3n) is 10.1. The number of nitro groups is 1. The molecule has 0 aromatic heterocycles. The maximum absolute atomic E-state index is 12.3. The summed E-state index contributed by atoms with van der Waals surface area (Å²) < 4.78 is 0. The van der Waals surface area contributed by atoms with Crippen molar-refractivity contribution >= 4 is 5.69 Å². The zero-order chi connectivity index (χ0) is 21.9. The Morgan fingerprint density at radius 1 is 0.933 bits per heavy atom. The summed E-state index contributed by atoms with van der Waals surface area (Å²) in [5, 5.41) is 23.4. The predicted molar refractivity (Wildman–Crippen MR) is 120 cm³/mol. The van der Waals surface area contributed by atoms with Crippen LogP contribution in [0.5, 0.6) is 0 Å². The van der Waals surface area contributed by atoms with Gasteiger partial charge in [0.25, 0.3) is 5.69 Å². The van der Waals surface area contributed by atoms with Gasteiger partial charge in [-0.2, -0.15) is 0 Å². The van der Waals surface area contributed by atoms with Gasteiger partial charge in [0.15, 0.2) is 0 Å². The maximum Gasteiger partial charge on any atom is 0.269 e. The van der Waals surface area contributed by atoms with Gasteiger partial charge < -0.3 is 5.11 Å². The van der Waals surface area contributed by atoms with E-state index in [1.165, 1.54) is 25.7 Å². The van der Waals surface area contributed by atoms with E-state index >= 15 is 0 Å². The summed E-state index contributed by atoms with van der Waals surface area (Å²) in [6, 6.07) is 6.74. The van der Waals surface area contributed by atoms with Crippen LogP contribution in [0.15, 0.2) is 24.3 Å². The molecule has 1 aromatic rings. The van der Waals surface area contributed by atoms with E-state index in [0.717, 1.165) is 30.7 Å². The summed E-state index contributed by atoms with van der Waals surface area (Å²) in [5.74, 6) is 3.23. The summed E-state index contributed by atoms with van der Waals surface area (Å²) in [6.07, 6.45) is 7.79. The van der Waals surface area contributed by atoms with E-state index in [9.17, 15) is 15.2 Å². The number of rotatable bonds is 2. The molecule has 166 valence electrons. The summed E-state index contributed by atoms with van der Waals surface area (Å²) in [7, 11) is 0. The first-order valence-corrected chi connectivity index (χ1v) is 12.0. The van der Waals surface area contributed by atoms with Crippen LogP contribution in [0.3, 0.4) is 0 Å². The van der Waals surface area contributed by atoms with E-state index in [4.69, 9.17) is 0 Å². The van der Waals surface area contributed by atoms with Crippen molar-refractivity contribution in [3.63, 3.8) is 0 Å². The van der Waals surface area contributed by atoms with Crippen molar-refractivity contribution < 1.29 is 10.0 Å². The molecule has 4 rings (SSSR count). The van der Waals surface area contributed by atoms with Crippen molar-refractivity contribution in [3.05, 3.63) is 39.9 Å². The average molecular weight is 414 g/mol. The standard InChI is InChI=1S/C26H39NO3/c1-17-6-7-20-16-23-18(2)12-15-26(28,19-8-10-21(11-9-19)27(29)30)25(23,5)14-13-22(17)24(20,3)4/h8-11,17-18,20,22-23,28H,6-7,12-16H2,1-5H3/t17-,18-,20+,22+,23-,25+,26?/m1/s1. The van der Waals surface area contributed by atoms with Crippen LogP contribution in [-0.2, 0) is 5.60 Å². The van der Waals surface area contributed by atoms with E-state index in [1.54, 1.807) is 12.1 Å². The Morgan fingerprint density at radius 3 is 2.20 bits per heavy atom. The largest absolute Gasteiger partial charge is 0.385 e. The van der Waals surface area contributed by atoms with Crippen LogP contribution < -0.4 is 0 Å². The van der Waals surface area contributed by atoms with Crippen LogP contribution >= 0.6 is 0 Å². The highest BCUT2D eigenvalue weighted by molar-refractivity contribution is 5.37. The van der Waals surface area contributed by atoms with Crippen molar-refractivity contribution in [2.45, 2.75) is 85.2 Å². The van der Waals surface area contributed by atoms with E-state index < -0.39 is 5.60 Å². The Bertz CT molecular complexity index is 803. The highest BCUT2D eigenvalue weighted by Crippen LogP contribution is 2.64. The molecule has 0 aliphatic heterocycles. The molecule has 3 saturated carbocycles. The van der Waals surface area contributed by atoms with E-state index in [0.29, 0.717) is 29.1 Å². The maximum atomic E-state index is 12.3. The SMILES string of the molecule is C[C@@H]1CCC(O)(c2ccc([N+](=O)[O-])cc2)[C@@]2(C)CC[C@H]3[C@H](C)CC[C@@H](C[C@H]12)C3(C)C. The molecule has 0 heterocycles. The number of fused-ring (bicyclic) bond motifs is 3. The Kier molecular flexibility index (Phi) is 5.32. The Hall–Kier alpha value is -1.42. The summed E-state index contributed by atoms with van der Waals surface area (Å²) in [5.41, 5.74) is 0.201. The van der Waals surface area contributed by atoms with Gasteiger partial charge in [0.2, 0.25) is 0 Å². The van der Waals surface area contributed by atoms with Gasteiger partial charge in [0.05, 0.1) is 10.5 Å². The number of non-ortho nitro benzene ring substituents is 1. The van der Waals surface area contributed by atoms with Gasteiger partial charge in [0.1, 0.15) is 0 Å². The van der Waals surface area contributed by atoms with Gasteiger partial charge >= 0.3 is 0 Å². The highest BCUT2D eigenvalue weighted by Gasteiger charge is 2.59. The first-order chi connectivity index (χ1) is 14.0. The first kappa shape index (κ1) is 21.8. The summed E-state index contributed by atoms with van der Waals surface area (Å²) >= 11 is 0. The summed E-state index contributed by atoms with van der Waals surface area (Å²) in [6.45, 7) is 12.1. The van der Waals surface area contributed by atoms with Crippen LogP contribution in [-0.4, -0.2) is 10.0 Å². The number of nitro benzene ring substituents is 1. The Balaban J connectivity index is 1.76. The summed E-state index contributed by atoms with van der Waals surface area (Å²) in [4.78, 5) is 10.8. The van der Waals surface area contributed by atoms with Crippen LogP contribution in [0.4, 0.5) is 5.69 Å². The number of aliphatic hydroxyl groups is 1. The van der Waals surface area contributed by atoms with Crippen molar-refractivity contribution in [1.29, 1.82) is 0 Å². The van der Waals surface area contributed by atoms with Gasteiger partial charge in [-0.15, -0.1) is 0 Å². The first-order valence-electron chi connectivity index (χ1n) is 12.0. The Labute approximate surface area is 181 Å². The van der Waals surface area contributed by atoms with Crippen LogP contribution in [0.25, 0.3) is 0 Å². The molecule has 2 bridgehead atoms. The number of hydrogen-bond donors (Lipinski definition) is 1. The molecule has 1 unspecified atom stereocenters. The van der Waals surface area contributed by atoms with Gasteiger partial charge in [-0.3, -0.25) is 10.1 Å².